The van der Waals surface area contributed by atoms with Crippen LogP contribution in [0.3, 0.4) is 0 Å². The molecule has 0 N–H and O–H groups in total. The van der Waals surface area contributed by atoms with Crippen LogP contribution in [0.2, 0.25) is 0 Å². The molecule has 3 aromatic rings. The van der Waals surface area contributed by atoms with E-state index in [4.69, 9.17) is 4.74 Å². The number of nitrogens with zero attached hydrogens (tertiary/aromatic N) is 4. The lowest BCUT2D eigenvalue weighted by atomic mass is 9.99. The molecule has 0 saturated carbocycles. The van der Waals surface area contributed by atoms with Crippen LogP contribution in [-0.4, -0.2) is 70.2 Å². The molecule has 1 aliphatic rings. The molecule has 9 heteroatoms. The van der Waals surface area contributed by atoms with Gasteiger partial charge in [-0.1, -0.05) is 6.92 Å². The number of pyridine rings is 2. The maximum absolute atomic E-state index is 13.1. The van der Waals surface area contributed by atoms with Gasteiger partial charge in [0.05, 0.1) is 23.7 Å². The first-order chi connectivity index (χ1) is 17.5. The summed E-state index contributed by atoms with van der Waals surface area (Å²) in [7, 11) is 0. The molecular weight excluding hydrogens is 481 g/mol. The van der Waals surface area contributed by atoms with Gasteiger partial charge in [-0.2, -0.15) is 13.2 Å². The zero-order valence-electron chi connectivity index (χ0n) is 22.1. The molecule has 0 aliphatic carbocycles. The van der Waals surface area contributed by atoms with Crippen molar-refractivity contribution in [2.75, 3.05) is 32.7 Å². The van der Waals surface area contributed by atoms with E-state index in [1.807, 2.05) is 45.2 Å². The Kier molecular flexibility index (Phi) is 7.94. The second-order valence-electron chi connectivity index (χ2n) is 10.00. The van der Waals surface area contributed by atoms with Gasteiger partial charge < -0.3 is 9.14 Å². The monoisotopic (exact) mass is 516 g/mol. The van der Waals surface area contributed by atoms with E-state index in [0.717, 1.165) is 40.0 Å². The number of esters is 1. The number of hydrogen-bond acceptors (Lipinski definition) is 5. The number of alkyl halides is 3. The van der Waals surface area contributed by atoms with E-state index < -0.39 is 12.7 Å². The molecule has 1 saturated heterocycles. The predicted octanol–water partition coefficient (Wildman–Crippen LogP) is 5.68. The Bertz CT molecular complexity index is 1260. The van der Waals surface area contributed by atoms with E-state index in [-0.39, 0.29) is 18.1 Å². The van der Waals surface area contributed by atoms with Gasteiger partial charge in [0.25, 0.3) is 0 Å². The van der Waals surface area contributed by atoms with E-state index in [1.165, 1.54) is 4.90 Å². The van der Waals surface area contributed by atoms with Crippen LogP contribution in [0, 0.1) is 6.92 Å². The summed E-state index contributed by atoms with van der Waals surface area (Å²) in [5.41, 5.74) is 6.12. The number of carbonyl (C=O) groups is 1. The molecule has 1 fully saturated rings. The number of aromatic nitrogens is 2. The molecule has 1 aliphatic heterocycles. The van der Waals surface area contributed by atoms with Crippen LogP contribution < -0.4 is 0 Å². The number of halogens is 3. The van der Waals surface area contributed by atoms with Crippen molar-refractivity contribution in [2.45, 2.75) is 59.4 Å². The highest BCUT2D eigenvalue weighted by Crippen LogP contribution is 2.34. The highest BCUT2D eigenvalue weighted by molar-refractivity contribution is 5.95. The molecule has 6 nitrogen and oxygen atoms in total. The second kappa shape index (κ2) is 10.8. The number of aryl methyl sites for hydroxylation is 1. The fraction of sp³-hybridized carbons (Fsp3) is 0.500. The Morgan fingerprint density at radius 3 is 2.43 bits per heavy atom. The minimum absolute atomic E-state index is 0.119. The highest BCUT2D eigenvalue weighted by atomic mass is 19.4. The average Bonchev–Trinajstić information content (AvgIpc) is 3.25. The first-order valence-corrected chi connectivity index (χ1v) is 12.8. The Labute approximate surface area is 216 Å². The fourth-order valence-electron chi connectivity index (χ4n) is 5.19. The molecule has 4 rings (SSSR count). The van der Waals surface area contributed by atoms with Gasteiger partial charge in [-0.15, -0.1) is 0 Å². The molecule has 0 aromatic carbocycles. The summed E-state index contributed by atoms with van der Waals surface area (Å²) in [4.78, 5) is 21.2. The predicted molar refractivity (Wildman–Crippen MR) is 138 cm³/mol. The Morgan fingerprint density at radius 1 is 1.11 bits per heavy atom. The quantitative estimate of drug-likeness (QED) is 0.379. The van der Waals surface area contributed by atoms with Crippen molar-refractivity contribution in [1.82, 2.24) is 19.2 Å². The molecule has 0 bridgehead atoms. The van der Waals surface area contributed by atoms with E-state index >= 15 is 0 Å². The third-order valence-corrected chi connectivity index (χ3v) is 7.06. The Hall–Kier alpha value is -2.91. The van der Waals surface area contributed by atoms with Crippen LogP contribution >= 0.6 is 0 Å². The van der Waals surface area contributed by atoms with Gasteiger partial charge in [0.15, 0.2) is 0 Å². The van der Waals surface area contributed by atoms with Crippen molar-refractivity contribution in [2.24, 2.45) is 0 Å². The first kappa shape index (κ1) is 27.1. The van der Waals surface area contributed by atoms with E-state index in [9.17, 15) is 18.0 Å². The van der Waals surface area contributed by atoms with Crippen LogP contribution in [0.15, 0.2) is 36.7 Å². The molecule has 1 atom stereocenters. The second-order valence-corrected chi connectivity index (χ2v) is 10.00. The lowest BCUT2D eigenvalue weighted by Crippen LogP contribution is -2.49. The molecule has 0 amide bonds. The van der Waals surface area contributed by atoms with Crippen LogP contribution in [0.25, 0.3) is 16.6 Å². The molecule has 0 spiro atoms. The molecule has 0 radical (unpaired) electrons. The fourth-order valence-corrected chi connectivity index (χ4v) is 5.19. The number of carbonyl (C=O) groups excluding carboxylic acids is 1. The topological polar surface area (TPSA) is 50.1 Å². The van der Waals surface area contributed by atoms with Crippen LogP contribution in [0.5, 0.6) is 0 Å². The van der Waals surface area contributed by atoms with Gasteiger partial charge in [-0.3, -0.25) is 14.8 Å². The minimum atomic E-state index is -4.20. The SMILES string of the molecule is CCc1cc(-c2ccn3c(C(C)N4CCN(CC(F)(F)F)CC4)c(C)c(C(=O)OC(C)C)cc23)ccn1. The zero-order valence-corrected chi connectivity index (χ0v) is 22.1. The summed E-state index contributed by atoms with van der Waals surface area (Å²) in [5.74, 6) is -0.380. The lowest BCUT2D eigenvalue weighted by molar-refractivity contribution is -0.149. The highest BCUT2D eigenvalue weighted by Gasteiger charge is 2.34. The van der Waals surface area contributed by atoms with Gasteiger partial charge >= 0.3 is 12.1 Å². The number of rotatable bonds is 7. The summed E-state index contributed by atoms with van der Waals surface area (Å²) in [6.07, 6.45) is 0.155. The molecular formula is C28H35F3N4O2. The summed E-state index contributed by atoms with van der Waals surface area (Å²) in [5, 5.41) is 0. The number of ether oxygens (including phenoxy) is 1. The zero-order chi connectivity index (χ0) is 26.9. The van der Waals surface area contributed by atoms with Crippen molar-refractivity contribution >= 4 is 11.5 Å². The van der Waals surface area contributed by atoms with Crippen LogP contribution in [0.4, 0.5) is 13.2 Å². The third kappa shape index (κ3) is 5.99. The summed E-state index contributed by atoms with van der Waals surface area (Å²) < 4.78 is 46.3. The molecule has 200 valence electrons. The van der Waals surface area contributed by atoms with Crippen LogP contribution in [0.1, 0.15) is 61.0 Å². The number of fused-ring (bicyclic) bond motifs is 1. The summed E-state index contributed by atoms with van der Waals surface area (Å²) >= 11 is 0. The van der Waals surface area contributed by atoms with Crippen molar-refractivity contribution in [3.8, 4) is 11.1 Å². The third-order valence-electron chi connectivity index (χ3n) is 7.06. The van der Waals surface area contributed by atoms with Gasteiger partial charge in [0.1, 0.15) is 0 Å². The van der Waals surface area contributed by atoms with Crippen LogP contribution in [-0.2, 0) is 11.2 Å². The average molecular weight is 517 g/mol. The molecule has 3 aromatic heterocycles. The van der Waals surface area contributed by atoms with Crippen molar-refractivity contribution in [3.63, 3.8) is 0 Å². The minimum Gasteiger partial charge on any atom is -0.459 e. The smallest absolute Gasteiger partial charge is 0.401 e. The Balaban J connectivity index is 1.76. The van der Waals surface area contributed by atoms with Crippen molar-refractivity contribution < 1.29 is 22.7 Å². The number of hydrogen-bond donors (Lipinski definition) is 0. The van der Waals surface area contributed by atoms with Gasteiger partial charge in [-0.05, 0) is 69.5 Å². The first-order valence-electron chi connectivity index (χ1n) is 12.8. The molecule has 37 heavy (non-hydrogen) atoms. The van der Waals surface area contributed by atoms with Crippen molar-refractivity contribution in [1.29, 1.82) is 0 Å². The summed E-state index contributed by atoms with van der Waals surface area (Å²) in [6.45, 7) is 10.5. The number of piperazine rings is 1. The Morgan fingerprint density at radius 2 is 1.81 bits per heavy atom. The van der Waals surface area contributed by atoms with E-state index in [1.54, 1.807) is 6.20 Å². The molecule has 1 unspecified atom stereocenters. The maximum Gasteiger partial charge on any atom is 0.401 e. The van der Waals surface area contributed by atoms with Gasteiger partial charge in [-0.25, -0.2) is 4.79 Å². The maximum atomic E-state index is 13.1. The molecule has 4 heterocycles. The summed E-state index contributed by atoms with van der Waals surface area (Å²) in [6, 6.07) is 7.83. The standard InChI is InChI=1S/C28H35F3N4O2/c1-6-22-15-21(7-9-32-22)23-8-10-35-25(23)16-24(27(36)37-18(2)3)19(4)26(35)20(5)34-13-11-33(12-14-34)17-28(29,30)31/h7-10,15-16,18,20H,6,11-14,17H2,1-5H3. The van der Waals surface area contributed by atoms with Crippen molar-refractivity contribution in [3.05, 3.63) is 59.2 Å². The lowest BCUT2D eigenvalue weighted by Gasteiger charge is -2.39. The van der Waals surface area contributed by atoms with E-state index in [2.05, 4.69) is 34.2 Å². The largest absolute Gasteiger partial charge is 0.459 e. The van der Waals surface area contributed by atoms with Gasteiger partial charge in [0, 0.05) is 61.6 Å². The van der Waals surface area contributed by atoms with E-state index in [0.29, 0.717) is 31.7 Å². The van der Waals surface area contributed by atoms with Gasteiger partial charge in [0.2, 0.25) is 0 Å². The normalized spacial score (nSPS) is 16.5.